The van der Waals surface area contributed by atoms with E-state index in [2.05, 4.69) is 10.2 Å². The Morgan fingerprint density at radius 3 is 2.67 bits per heavy atom. The largest absolute Gasteiger partial charge is 0.370 e. The summed E-state index contributed by atoms with van der Waals surface area (Å²) in [6.45, 7) is 1.73. The van der Waals surface area contributed by atoms with Gasteiger partial charge in [0.1, 0.15) is 12.3 Å². The molecule has 1 aromatic carbocycles. The van der Waals surface area contributed by atoms with E-state index in [1.165, 1.54) is 0 Å². The molecular formula is C17H17N3O4. The van der Waals surface area contributed by atoms with Gasteiger partial charge in [-0.1, -0.05) is 6.07 Å². The summed E-state index contributed by atoms with van der Waals surface area (Å²) in [5, 5.41) is 2.30. The summed E-state index contributed by atoms with van der Waals surface area (Å²) in [7, 11) is 0. The summed E-state index contributed by atoms with van der Waals surface area (Å²) in [5.41, 5.74) is 2.41. The molecule has 0 aromatic heterocycles. The zero-order valence-corrected chi connectivity index (χ0v) is 13.0. The molecule has 1 N–H and O–H groups in total. The van der Waals surface area contributed by atoms with E-state index in [-0.39, 0.29) is 24.2 Å². The van der Waals surface area contributed by atoms with E-state index in [1.807, 2.05) is 18.2 Å². The molecule has 3 heterocycles. The van der Waals surface area contributed by atoms with E-state index in [0.717, 1.165) is 17.5 Å². The molecule has 7 nitrogen and oxygen atoms in total. The van der Waals surface area contributed by atoms with Crippen LogP contribution in [-0.4, -0.2) is 48.0 Å². The van der Waals surface area contributed by atoms with Gasteiger partial charge in [0.2, 0.25) is 11.8 Å². The number of imide groups is 1. The SMILES string of the molecule is O=CC1CN(c2ccc3c(c2)C(=O)N(C2CCC(=O)NC2=O)C3)C1. The normalized spacial score (nSPS) is 23.8. The number of benzene rings is 1. The molecule has 0 saturated carbocycles. The first-order chi connectivity index (χ1) is 11.6. The summed E-state index contributed by atoms with van der Waals surface area (Å²) < 4.78 is 0. The Morgan fingerprint density at radius 1 is 1.17 bits per heavy atom. The summed E-state index contributed by atoms with van der Waals surface area (Å²) in [5.74, 6) is -0.794. The molecule has 3 aliphatic rings. The molecule has 0 spiro atoms. The molecule has 0 bridgehead atoms. The third kappa shape index (κ3) is 2.28. The Hall–Kier alpha value is -2.70. The second kappa shape index (κ2) is 5.43. The van der Waals surface area contributed by atoms with Crippen LogP contribution in [0.25, 0.3) is 0 Å². The maximum absolute atomic E-state index is 12.7. The Morgan fingerprint density at radius 2 is 1.96 bits per heavy atom. The lowest BCUT2D eigenvalue weighted by atomic mass is 10.00. The van der Waals surface area contributed by atoms with Crippen LogP contribution in [0.4, 0.5) is 5.69 Å². The summed E-state index contributed by atoms with van der Waals surface area (Å²) in [6, 6.07) is 5.10. The minimum Gasteiger partial charge on any atom is -0.370 e. The van der Waals surface area contributed by atoms with Crippen LogP contribution in [0.5, 0.6) is 0 Å². The zero-order valence-electron chi connectivity index (χ0n) is 13.0. The van der Waals surface area contributed by atoms with Crippen LogP contribution in [0.2, 0.25) is 0 Å². The average Bonchev–Trinajstić information content (AvgIpc) is 2.83. The minimum absolute atomic E-state index is 0.0638. The molecule has 3 amide bonds. The van der Waals surface area contributed by atoms with Crippen molar-refractivity contribution in [1.29, 1.82) is 0 Å². The maximum atomic E-state index is 12.7. The predicted molar refractivity (Wildman–Crippen MR) is 84.3 cm³/mol. The predicted octanol–water partition coefficient (Wildman–Crippen LogP) is 0.0827. The number of nitrogens with zero attached hydrogens (tertiary/aromatic N) is 2. The molecule has 4 rings (SSSR count). The van der Waals surface area contributed by atoms with Crippen LogP contribution in [0, 0.1) is 5.92 Å². The third-order valence-electron chi connectivity index (χ3n) is 4.98. The Labute approximate surface area is 138 Å². The van der Waals surface area contributed by atoms with Gasteiger partial charge in [0.15, 0.2) is 0 Å². The van der Waals surface area contributed by atoms with Crippen molar-refractivity contribution in [1.82, 2.24) is 10.2 Å². The number of nitrogens with one attached hydrogen (secondary N) is 1. The van der Waals surface area contributed by atoms with E-state index in [4.69, 9.17) is 0 Å². The zero-order chi connectivity index (χ0) is 16.8. The first-order valence-electron chi connectivity index (χ1n) is 8.04. The summed E-state index contributed by atoms with van der Waals surface area (Å²) in [4.78, 5) is 50.3. The van der Waals surface area contributed by atoms with Crippen molar-refractivity contribution in [2.24, 2.45) is 5.92 Å². The number of hydrogen-bond donors (Lipinski definition) is 1. The highest BCUT2D eigenvalue weighted by atomic mass is 16.2. The molecule has 1 unspecified atom stereocenters. The van der Waals surface area contributed by atoms with E-state index in [0.29, 0.717) is 31.6 Å². The molecule has 124 valence electrons. The van der Waals surface area contributed by atoms with Crippen molar-refractivity contribution in [3.63, 3.8) is 0 Å². The van der Waals surface area contributed by atoms with Gasteiger partial charge in [-0.3, -0.25) is 19.7 Å². The van der Waals surface area contributed by atoms with Crippen molar-refractivity contribution in [3.8, 4) is 0 Å². The second-order valence-electron chi connectivity index (χ2n) is 6.54. The maximum Gasteiger partial charge on any atom is 0.255 e. The van der Waals surface area contributed by atoms with Gasteiger partial charge in [-0.25, -0.2) is 0 Å². The highest BCUT2D eigenvalue weighted by molar-refractivity contribution is 6.05. The molecule has 1 aromatic rings. The fourth-order valence-corrected chi connectivity index (χ4v) is 3.55. The lowest BCUT2D eigenvalue weighted by Gasteiger charge is -2.38. The lowest BCUT2D eigenvalue weighted by Crippen LogP contribution is -2.52. The van der Waals surface area contributed by atoms with Crippen molar-refractivity contribution < 1.29 is 19.2 Å². The van der Waals surface area contributed by atoms with Gasteiger partial charge in [0.05, 0.1) is 0 Å². The molecule has 7 heteroatoms. The number of piperidine rings is 1. The molecular weight excluding hydrogens is 310 g/mol. The Kier molecular flexibility index (Phi) is 3.37. The van der Waals surface area contributed by atoms with Crippen LogP contribution in [0.1, 0.15) is 28.8 Å². The third-order valence-corrected chi connectivity index (χ3v) is 4.98. The highest BCUT2D eigenvalue weighted by Gasteiger charge is 2.39. The van der Waals surface area contributed by atoms with E-state index in [9.17, 15) is 19.2 Å². The number of carbonyl (C=O) groups excluding carboxylic acids is 4. The standard InChI is InChI=1S/C17H17N3O4/c21-9-10-6-19(7-10)12-2-1-11-8-20(17(24)13(11)5-12)14-3-4-15(22)18-16(14)23/h1-2,5,9-10,14H,3-4,6-8H2,(H,18,22,23). The van der Waals surface area contributed by atoms with Crippen LogP contribution < -0.4 is 10.2 Å². The van der Waals surface area contributed by atoms with Crippen LogP contribution in [0.3, 0.4) is 0 Å². The van der Waals surface area contributed by atoms with Crippen LogP contribution >= 0.6 is 0 Å². The number of aldehydes is 1. The van der Waals surface area contributed by atoms with Crippen LogP contribution in [-0.2, 0) is 20.9 Å². The van der Waals surface area contributed by atoms with Gasteiger partial charge in [-0.15, -0.1) is 0 Å². The summed E-state index contributed by atoms with van der Waals surface area (Å²) >= 11 is 0. The highest BCUT2D eigenvalue weighted by Crippen LogP contribution is 2.32. The minimum atomic E-state index is -0.588. The van der Waals surface area contributed by atoms with Gasteiger partial charge < -0.3 is 14.6 Å². The smallest absolute Gasteiger partial charge is 0.255 e. The molecule has 0 radical (unpaired) electrons. The first-order valence-corrected chi connectivity index (χ1v) is 8.04. The Bertz CT molecular complexity index is 754. The van der Waals surface area contributed by atoms with Gasteiger partial charge in [0.25, 0.3) is 5.91 Å². The fourth-order valence-electron chi connectivity index (χ4n) is 3.55. The van der Waals surface area contributed by atoms with Gasteiger partial charge in [-0.05, 0) is 24.1 Å². The van der Waals surface area contributed by atoms with Gasteiger partial charge in [-0.2, -0.15) is 0 Å². The lowest BCUT2D eigenvalue weighted by molar-refractivity contribution is -0.136. The molecule has 3 aliphatic heterocycles. The molecule has 24 heavy (non-hydrogen) atoms. The number of hydrogen-bond acceptors (Lipinski definition) is 5. The van der Waals surface area contributed by atoms with Crippen LogP contribution in [0.15, 0.2) is 18.2 Å². The van der Waals surface area contributed by atoms with Crippen molar-refractivity contribution in [3.05, 3.63) is 29.3 Å². The van der Waals surface area contributed by atoms with Crippen molar-refractivity contribution in [2.75, 3.05) is 18.0 Å². The van der Waals surface area contributed by atoms with E-state index >= 15 is 0 Å². The van der Waals surface area contributed by atoms with E-state index in [1.54, 1.807) is 4.90 Å². The number of amides is 3. The average molecular weight is 327 g/mol. The quantitative estimate of drug-likeness (QED) is 0.628. The topological polar surface area (TPSA) is 86.8 Å². The van der Waals surface area contributed by atoms with E-state index < -0.39 is 11.9 Å². The molecule has 2 fully saturated rings. The first kappa shape index (κ1) is 14.9. The second-order valence-corrected chi connectivity index (χ2v) is 6.54. The number of fused-ring (bicyclic) bond motifs is 1. The Balaban J connectivity index is 1.54. The number of rotatable bonds is 3. The molecule has 2 saturated heterocycles. The van der Waals surface area contributed by atoms with Gasteiger partial charge in [0, 0.05) is 43.2 Å². The number of anilines is 1. The van der Waals surface area contributed by atoms with Crippen molar-refractivity contribution >= 4 is 29.7 Å². The molecule has 1 atom stereocenters. The summed E-state index contributed by atoms with van der Waals surface area (Å²) in [6.07, 6.45) is 1.58. The van der Waals surface area contributed by atoms with Crippen molar-refractivity contribution in [2.45, 2.75) is 25.4 Å². The number of carbonyl (C=O) groups is 4. The molecule has 0 aliphatic carbocycles. The monoisotopic (exact) mass is 327 g/mol. The fraction of sp³-hybridized carbons (Fsp3) is 0.412. The van der Waals surface area contributed by atoms with Gasteiger partial charge >= 0.3 is 0 Å².